The van der Waals surface area contributed by atoms with Crippen LogP contribution in [0.4, 0.5) is 5.82 Å². The second-order valence-electron chi connectivity index (χ2n) is 7.01. The van der Waals surface area contributed by atoms with Gasteiger partial charge in [-0.2, -0.15) is 5.10 Å². The van der Waals surface area contributed by atoms with Crippen LogP contribution in [0, 0.1) is 0 Å². The van der Waals surface area contributed by atoms with E-state index in [1.165, 1.54) is 5.56 Å². The van der Waals surface area contributed by atoms with Crippen molar-refractivity contribution in [2.45, 2.75) is 26.2 Å². The highest BCUT2D eigenvalue weighted by Crippen LogP contribution is 2.28. The second-order valence-corrected chi connectivity index (χ2v) is 7.40. The molecule has 4 rings (SSSR count). The zero-order valence-corrected chi connectivity index (χ0v) is 17.4. The molecule has 2 aromatic rings. The van der Waals surface area contributed by atoms with Gasteiger partial charge in [-0.15, -0.1) is 0 Å². The van der Waals surface area contributed by atoms with Crippen LogP contribution < -0.4 is 15.1 Å². The van der Waals surface area contributed by atoms with Crippen LogP contribution in [0.2, 0.25) is 0 Å². The molecule has 0 amide bonds. The summed E-state index contributed by atoms with van der Waals surface area (Å²) in [5, 5.41) is 5.22. The number of hydrogen-bond acceptors (Lipinski definition) is 7. The number of piperazine rings is 1. The van der Waals surface area contributed by atoms with E-state index in [-0.39, 0.29) is 0 Å². The third kappa shape index (κ3) is 4.45. The Morgan fingerprint density at radius 1 is 1.21 bits per heavy atom. The normalized spacial score (nSPS) is 17.6. The number of nitrogens with one attached hydrogen (secondary N) is 1. The first-order chi connectivity index (χ1) is 14.3. The maximum Gasteiger partial charge on any atom is 0.189 e. The fourth-order valence-electron chi connectivity index (χ4n) is 3.58. The lowest BCUT2D eigenvalue weighted by Crippen LogP contribution is -2.51. The molecule has 9 heteroatoms. The minimum Gasteiger partial charge on any atom is -0.491 e. The fourth-order valence-corrected chi connectivity index (χ4v) is 3.81. The average Bonchev–Trinajstić information content (AvgIpc) is 2.78. The van der Waals surface area contributed by atoms with Gasteiger partial charge in [0.25, 0.3) is 0 Å². The first-order valence-corrected chi connectivity index (χ1v) is 10.4. The molecule has 1 N–H and O–H groups in total. The van der Waals surface area contributed by atoms with Gasteiger partial charge in [0, 0.05) is 51.2 Å². The molecule has 0 unspecified atom stereocenters. The zero-order chi connectivity index (χ0) is 20.1. The fraction of sp³-hybridized carbons (Fsp3) is 0.450. The summed E-state index contributed by atoms with van der Waals surface area (Å²) >= 11 is 5.57. The number of pyridine rings is 1. The van der Waals surface area contributed by atoms with Crippen molar-refractivity contribution in [2.24, 2.45) is 5.10 Å². The Morgan fingerprint density at radius 3 is 2.83 bits per heavy atom. The highest BCUT2D eigenvalue weighted by atomic mass is 32.1. The predicted octanol–water partition coefficient (Wildman–Crippen LogP) is 2.01. The van der Waals surface area contributed by atoms with Crippen molar-refractivity contribution in [3.8, 4) is 5.75 Å². The monoisotopic (exact) mass is 411 g/mol. The first kappa shape index (κ1) is 19.5. The van der Waals surface area contributed by atoms with E-state index in [0.29, 0.717) is 18.1 Å². The summed E-state index contributed by atoms with van der Waals surface area (Å²) in [6, 6.07) is 2.03. The highest BCUT2D eigenvalue weighted by molar-refractivity contribution is 7.80. The molecule has 0 aliphatic carbocycles. The van der Waals surface area contributed by atoms with Gasteiger partial charge in [0.15, 0.2) is 5.11 Å². The molecule has 8 nitrogen and oxygen atoms in total. The molecule has 2 aliphatic heterocycles. The number of nitrogens with zero attached hydrogens (tertiary/aromatic N) is 6. The van der Waals surface area contributed by atoms with E-state index in [9.17, 15) is 0 Å². The number of thiocarbonyl (C=S) groups is 1. The summed E-state index contributed by atoms with van der Waals surface area (Å²) in [5.74, 6) is 1.77. The third-order valence-corrected chi connectivity index (χ3v) is 5.44. The molecule has 4 heterocycles. The van der Waals surface area contributed by atoms with Crippen LogP contribution >= 0.6 is 12.2 Å². The van der Waals surface area contributed by atoms with E-state index in [1.54, 1.807) is 18.6 Å². The lowest BCUT2D eigenvalue weighted by Gasteiger charge is -2.36. The SMILES string of the molecule is CCCc1ccnc2c1OCC/C2=N/NC(=S)N1CCN(c2cnccn2)CC1. The Balaban J connectivity index is 1.38. The molecule has 0 bridgehead atoms. The number of hydrazone groups is 1. The maximum absolute atomic E-state index is 5.88. The number of aryl methyl sites for hydroxylation is 1. The molecule has 0 atom stereocenters. The molecule has 0 spiro atoms. The molecule has 2 aliphatic rings. The number of aromatic nitrogens is 3. The molecular formula is C20H25N7OS. The van der Waals surface area contributed by atoms with Crippen LogP contribution in [-0.4, -0.2) is 63.5 Å². The van der Waals surface area contributed by atoms with Crippen LogP contribution in [0.1, 0.15) is 31.0 Å². The van der Waals surface area contributed by atoms with Gasteiger partial charge in [0.05, 0.1) is 18.5 Å². The molecule has 29 heavy (non-hydrogen) atoms. The number of rotatable bonds is 4. The molecule has 1 saturated heterocycles. The minimum atomic E-state index is 0.611. The van der Waals surface area contributed by atoms with E-state index in [4.69, 9.17) is 17.0 Å². The van der Waals surface area contributed by atoms with Gasteiger partial charge in [-0.25, -0.2) is 4.98 Å². The number of ether oxygens (including phenoxy) is 1. The molecule has 152 valence electrons. The Bertz CT molecular complexity index is 882. The highest BCUT2D eigenvalue weighted by Gasteiger charge is 2.23. The number of fused-ring (bicyclic) bond motifs is 1. The molecule has 0 saturated carbocycles. The first-order valence-electron chi connectivity index (χ1n) is 9.99. The van der Waals surface area contributed by atoms with Gasteiger partial charge in [0.1, 0.15) is 17.3 Å². The smallest absolute Gasteiger partial charge is 0.189 e. The van der Waals surface area contributed by atoms with Crippen molar-refractivity contribution >= 4 is 28.9 Å². The quantitative estimate of drug-likeness (QED) is 0.605. The van der Waals surface area contributed by atoms with Gasteiger partial charge >= 0.3 is 0 Å². The summed E-state index contributed by atoms with van der Waals surface area (Å²) in [7, 11) is 0. The second kappa shape index (κ2) is 9.13. The van der Waals surface area contributed by atoms with Crippen molar-refractivity contribution in [1.82, 2.24) is 25.3 Å². The molecule has 0 radical (unpaired) electrons. The van der Waals surface area contributed by atoms with Crippen LogP contribution in [0.3, 0.4) is 0 Å². The molecule has 2 aromatic heterocycles. The largest absolute Gasteiger partial charge is 0.491 e. The lowest BCUT2D eigenvalue weighted by atomic mass is 10.0. The van der Waals surface area contributed by atoms with Gasteiger partial charge in [-0.05, 0) is 30.3 Å². The average molecular weight is 412 g/mol. The van der Waals surface area contributed by atoms with Crippen molar-refractivity contribution in [3.63, 3.8) is 0 Å². The Kier molecular flexibility index (Phi) is 6.14. The van der Waals surface area contributed by atoms with E-state index in [2.05, 4.69) is 42.2 Å². The van der Waals surface area contributed by atoms with Crippen molar-refractivity contribution in [1.29, 1.82) is 0 Å². The molecule has 1 fully saturated rings. The summed E-state index contributed by atoms with van der Waals surface area (Å²) in [6.07, 6.45) is 9.78. The summed E-state index contributed by atoms with van der Waals surface area (Å²) in [6.45, 7) is 6.08. The van der Waals surface area contributed by atoms with E-state index in [1.807, 2.05) is 12.3 Å². The van der Waals surface area contributed by atoms with Crippen LogP contribution in [0.25, 0.3) is 0 Å². The van der Waals surface area contributed by atoms with Gasteiger partial charge in [0.2, 0.25) is 0 Å². The predicted molar refractivity (Wildman–Crippen MR) is 116 cm³/mol. The minimum absolute atomic E-state index is 0.611. The van der Waals surface area contributed by atoms with E-state index < -0.39 is 0 Å². The van der Waals surface area contributed by atoms with Crippen molar-refractivity contribution in [3.05, 3.63) is 42.1 Å². The summed E-state index contributed by atoms with van der Waals surface area (Å²) < 4.78 is 5.88. The number of anilines is 1. The van der Waals surface area contributed by atoms with Gasteiger partial charge in [-0.3, -0.25) is 15.4 Å². The van der Waals surface area contributed by atoms with Crippen molar-refractivity contribution < 1.29 is 4.74 Å². The summed E-state index contributed by atoms with van der Waals surface area (Å²) in [5.41, 5.74) is 5.98. The Hall–Kier alpha value is -2.81. The maximum atomic E-state index is 5.88. The molecule has 0 aromatic carbocycles. The topological polar surface area (TPSA) is 78.8 Å². The third-order valence-electron chi connectivity index (χ3n) is 5.09. The van der Waals surface area contributed by atoms with Gasteiger partial charge < -0.3 is 14.5 Å². The zero-order valence-electron chi connectivity index (χ0n) is 16.5. The van der Waals surface area contributed by atoms with Crippen LogP contribution in [0.5, 0.6) is 5.75 Å². The molecular weight excluding hydrogens is 386 g/mol. The van der Waals surface area contributed by atoms with Crippen LogP contribution in [-0.2, 0) is 6.42 Å². The van der Waals surface area contributed by atoms with E-state index in [0.717, 1.165) is 62.0 Å². The Morgan fingerprint density at radius 2 is 2.07 bits per heavy atom. The summed E-state index contributed by atoms with van der Waals surface area (Å²) in [4.78, 5) is 17.4. The Labute approximate surface area is 176 Å². The number of hydrogen-bond donors (Lipinski definition) is 1. The standard InChI is InChI=1S/C20H25N7OS/c1-2-3-15-4-6-23-18-16(5-13-28-19(15)18)24-25-20(29)27-11-9-26(10-12-27)17-14-21-7-8-22-17/h4,6-8,14H,2-3,5,9-13H2,1H3,(H,25,29)/b24-16-. The lowest BCUT2D eigenvalue weighted by molar-refractivity contribution is 0.314. The van der Waals surface area contributed by atoms with Crippen LogP contribution in [0.15, 0.2) is 36.0 Å². The van der Waals surface area contributed by atoms with E-state index >= 15 is 0 Å². The van der Waals surface area contributed by atoms with Crippen molar-refractivity contribution in [2.75, 3.05) is 37.7 Å². The van der Waals surface area contributed by atoms with Gasteiger partial charge in [-0.1, -0.05) is 13.3 Å².